The molecule has 106 valence electrons. The molecule has 5 nitrogen and oxygen atoms in total. The Morgan fingerprint density at radius 3 is 2.35 bits per heavy atom. The molecular weight excluding hydrogens is 346 g/mol. The Kier molecular flexibility index (Phi) is 4.39. The van der Waals surface area contributed by atoms with Crippen LogP contribution in [0.1, 0.15) is 5.56 Å². The summed E-state index contributed by atoms with van der Waals surface area (Å²) >= 11 is 4.29. The van der Waals surface area contributed by atoms with Gasteiger partial charge in [-0.25, -0.2) is 0 Å². The second kappa shape index (κ2) is 5.88. The number of rotatable bonds is 3. The highest BCUT2D eigenvalue weighted by Crippen LogP contribution is 2.37. The van der Waals surface area contributed by atoms with Crippen LogP contribution in [0.3, 0.4) is 0 Å². The number of ether oxygens (including phenoxy) is 2. The Morgan fingerprint density at radius 2 is 1.85 bits per heavy atom. The summed E-state index contributed by atoms with van der Waals surface area (Å²) in [6, 6.07) is 3.49. The second-order valence-corrected chi connectivity index (χ2v) is 5.82. The van der Waals surface area contributed by atoms with E-state index in [1.165, 1.54) is 14.2 Å². The van der Waals surface area contributed by atoms with E-state index < -0.39 is 0 Å². The van der Waals surface area contributed by atoms with Crippen LogP contribution in [0.5, 0.6) is 11.5 Å². The van der Waals surface area contributed by atoms with Gasteiger partial charge in [0.2, 0.25) is 0 Å². The minimum atomic E-state index is -0.311. The van der Waals surface area contributed by atoms with Crippen LogP contribution in [0, 0.1) is 0 Å². The molecule has 1 saturated heterocycles. The van der Waals surface area contributed by atoms with Gasteiger partial charge < -0.3 is 9.47 Å². The van der Waals surface area contributed by atoms with Gasteiger partial charge in [0, 0.05) is 18.7 Å². The van der Waals surface area contributed by atoms with Crippen LogP contribution < -0.4 is 9.47 Å². The van der Waals surface area contributed by atoms with Crippen molar-refractivity contribution in [3.63, 3.8) is 0 Å². The Bertz CT molecular complexity index is 615. The number of hydrogen-bond acceptors (Lipinski definition) is 5. The molecule has 2 amide bonds. The maximum atomic E-state index is 11.9. The highest BCUT2D eigenvalue weighted by atomic mass is 79.9. The average Bonchev–Trinajstić information content (AvgIpc) is 2.67. The number of hydrogen-bond donors (Lipinski definition) is 0. The molecule has 1 aliphatic heterocycles. The van der Waals surface area contributed by atoms with E-state index >= 15 is 0 Å². The molecule has 7 heteroatoms. The minimum Gasteiger partial charge on any atom is -0.496 e. The van der Waals surface area contributed by atoms with Crippen LogP contribution in [0.25, 0.3) is 6.08 Å². The van der Waals surface area contributed by atoms with Gasteiger partial charge in [-0.1, -0.05) is 0 Å². The van der Waals surface area contributed by atoms with Crippen LogP contribution in [0.15, 0.2) is 21.5 Å². The van der Waals surface area contributed by atoms with Crippen molar-refractivity contribution < 1.29 is 19.1 Å². The van der Waals surface area contributed by atoms with Gasteiger partial charge in [-0.05, 0) is 39.8 Å². The van der Waals surface area contributed by atoms with Crippen molar-refractivity contribution >= 4 is 44.9 Å². The minimum absolute atomic E-state index is 0.284. The SMILES string of the molecule is COc1cc(OC)c(/C=C2\SC(=O)N(C)C2=O)cc1Br. The van der Waals surface area contributed by atoms with Crippen molar-refractivity contribution in [3.8, 4) is 11.5 Å². The Hall–Kier alpha value is -1.47. The van der Waals surface area contributed by atoms with Crippen molar-refractivity contribution in [1.29, 1.82) is 0 Å². The van der Waals surface area contributed by atoms with Crippen molar-refractivity contribution in [1.82, 2.24) is 4.90 Å². The molecule has 0 spiro atoms. The fourth-order valence-electron chi connectivity index (χ4n) is 1.68. The van der Waals surface area contributed by atoms with Crippen molar-refractivity contribution in [3.05, 3.63) is 27.1 Å². The quantitative estimate of drug-likeness (QED) is 0.777. The summed E-state index contributed by atoms with van der Waals surface area (Å²) < 4.78 is 11.2. The number of imide groups is 1. The van der Waals surface area contributed by atoms with Crippen LogP contribution in [-0.2, 0) is 4.79 Å². The van der Waals surface area contributed by atoms with Gasteiger partial charge in [-0.2, -0.15) is 0 Å². The summed E-state index contributed by atoms with van der Waals surface area (Å²) in [4.78, 5) is 24.8. The third-order valence-electron chi connectivity index (χ3n) is 2.78. The van der Waals surface area contributed by atoms with E-state index in [2.05, 4.69) is 15.9 Å². The highest BCUT2D eigenvalue weighted by Gasteiger charge is 2.32. The molecule has 20 heavy (non-hydrogen) atoms. The summed E-state index contributed by atoms with van der Waals surface area (Å²) in [5.74, 6) is 0.879. The standard InChI is InChI=1S/C13H12BrNO4S/c1-15-12(16)11(20-13(15)17)5-7-4-8(14)10(19-3)6-9(7)18-2/h4-6H,1-3H3/b11-5-. The molecule has 0 saturated carbocycles. The summed E-state index contributed by atoms with van der Waals surface area (Å²) in [6.45, 7) is 0. The lowest BCUT2D eigenvalue weighted by molar-refractivity contribution is -0.121. The second-order valence-electron chi connectivity index (χ2n) is 3.97. The summed E-state index contributed by atoms with van der Waals surface area (Å²) in [7, 11) is 4.55. The molecular formula is C13H12BrNO4S. The zero-order chi connectivity index (χ0) is 14.9. The Balaban J connectivity index is 2.46. The number of nitrogens with zero attached hydrogens (tertiary/aromatic N) is 1. The largest absolute Gasteiger partial charge is 0.496 e. The number of likely N-dealkylation sites (N-methyl/N-ethyl adjacent to an activating group) is 1. The molecule has 2 rings (SSSR count). The van der Waals surface area contributed by atoms with E-state index in [0.717, 1.165) is 21.1 Å². The van der Waals surface area contributed by atoms with E-state index in [-0.39, 0.29) is 11.1 Å². The summed E-state index contributed by atoms with van der Waals surface area (Å²) in [5.41, 5.74) is 0.694. The number of thioether (sulfide) groups is 1. The first-order chi connectivity index (χ1) is 9.47. The molecule has 1 heterocycles. The zero-order valence-electron chi connectivity index (χ0n) is 11.1. The molecule has 0 bridgehead atoms. The van der Waals surface area contributed by atoms with Crippen LogP contribution in [0.2, 0.25) is 0 Å². The molecule has 1 aromatic carbocycles. The first-order valence-corrected chi connectivity index (χ1v) is 7.22. The number of benzene rings is 1. The predicted molar refractivity (Wildman–Crippen MR) is 81.0 cm³/mol. The van der Waals surface area contributed by atoms with Crippen LogP contribution in [-0.4, -0.2) is 37.3 Å². The maximum Gasteiger partial charge on any atom is 0.293 e. The van der Waals surface area contributed by atoms with Crippen molar-refractivity contribution in [2.24, 2.45) is 0 Å². The van der Waals surface area contributed by atoms with Gasteiger partial charge in [0.15, 0.2) is 0 Å². The summed E-state index contributed by atoms with van der Waals surface area (Å²) in [6.07, 6.45) is 1.64. The fourth-order valence-corrected chi connectivity index (χ4v) is 3.02. The smallest absolute Gasteiger partial charge is 0.293 e. The zero-order valence-corrected chi connectivity index (χ0v) is 13.5. The van der Waals surface area contributed by atoms with Gasteiger partial charge in [0.1, 0.15) is 11.5 Å². The predicted octanol–water partition coefficient (Wildman–Crippen LogP) is 3.13. The number of carbonyl (C=O) groups excluding carboxylic acids is 2. The maximum absolute atomic E-state index is 11.9. The molecule has 0 unspecified atom stereocenters. The van der Waals surface area contributed by atoms with Crippen molar-refractivity contribution in [2.75, 3.05) is 21.3 Å². The molecule has 1 aliphatic rings. The van der Waals surface area contributed by atoms with Crippen molar-refractivity contribution in [2.45, 2.75) is 0 Å². The van der Waals surface area contributed by atoms with E-state index in [0.29, 0.717) is 22.0 Å². The highest BCUT2D eigenvalue weighted by molar-refractivity contribution is 9.10. The van der Waals surface area contributed by atoms with Crippen LogP contribution in [0.4, 0.5) is 4.79 Å². The van der Waals surface area contributed by atoms with E-state index in [1.54, 1.807) is 25.3 Å². The van der Waals surface area contributed by atoms with Gasteiger partial charge in [0.05, 0.1) is 23.6 Å². The molecule has 0 radical (unpaired) electrons. The molecule has 1 fully saturated rings. The first-order valence-electron chi connectivity index (χ1n) is 5.61. The number of methoxy groups -OCH3 is 2. The molecule has 1 aromatic rings. The number of halogens is 1. The third kappa shape index (κ3) is 2.69. The van der Waals surface area contributed by atoms with Gasteiger partial charge >= 0.3 is 0 Å². The molecule has 0 N–H and O–H groups in total. The van der Waals surface area contributed by atoms with E-state index in [4.69, 9.17) is 9.47 Å². The van der Waals surface area contributed by atoms with Gasteiger partial charge in [0.25, 0.3) is 11.1 Å². The Morgan fingerprint density at radius 1 is 1.20 bits per heavy atom. The summed E-state index contributed by atoms with van der Waals surface area (Å²) in [5, 5.41) is -0.284. The Labute approximate surface area is 129 Å². The molecule has 0 atom stereocenters. The van der Waals surface area contributed by atoms with E-state index in [9.17, 15) is 9.59 Å². The number of amides is 2. The molecule has 0 aromatic heterocycles. The molecule has 0 aliphatic carbocycles. The average molecular weight is 358 g/mol. The lowest BCUT2D eigenvalue weighted by Gasteiger charge is -2.10. The normalized spacial score (nSPS) is 17.0. The topological polar surface area (TPSA) is 55.8 Å². The first kappa shape index (κ1) is 14.9. The third-order valence-corrected chi connectivity index (χ3v) is 4.36. The lowest BCUT2D eigenvalue weighted by atomic mass is 10.1. The monoisotopic (exact) mass is 357 g/mol. The van der Waals surface area contributed by atoms with Crippen LogP contribution >= 0.6 is 27.7 Å². The lowest BCUT2D eigenvalue weighted by Crippen LogP contribution is -2.22. The number of carbonyl (C=O) groups is 2. The van der Waals surface area contributed by atoms with E-state index in [1.807, 2.05) is 0 Å². The fraction of sp³-hybridized carbons (Fsp3) is 0.231. The van der Waals surface area contributed by atoms with Gasteiger partial charge in [-0.3, -0.25) is 14.5 Å². The van der Waals surface area contributed by atoms with Gasteiger partial charge in [-0.15, -0.1) is 0 Å².